The summed E-state index contributed by atoms with van der Waals surface area (Å²) in [5, 5.41) is -1.81. The molecule has 0 atom stereocenters. The summed E-state index contributed by atoms with van der Waals surface area (Å²) < 4.78 is 342. The minimum absolute atomic E-state index is 0. The zero-order valence-corrected chi connectivity index (χ0v) is 50.6. The Hall–Kier alpha value is -10.2. The number of hydrogen-bond acceptors (Lipinski definition) is 2. The van der Waals surface area contributed by atoms with Crippen molar-refractivity contribution in [2.75, 3.05) is 0 Å². The van der Waals surface area contributed by atoms with E-state index in [0.717, 1.165) is 6.20 Å². The smallest absolute Gasteiger partial charge is 0.268 e. The van der Waals surface area contributed by atoms with Crippen LogP contribution in [0.3, 0.4) is 0 Å². The van der Waals surface area contributed by atoms with Crippen molar-refractivity contribution in [3.05, 3.63) is 332 Å². The molecular weight excluding hydrogens is 1290 g/mol. The molecule has 15 aromatic rings. The Morgan fingerprint density at radius 3 is 1.68 bits per heavy atom. The summed E-state index contributed by atoms with van der Waals surface area (Å²) in [6.45, 7) is 2.30. The fraction of sp³-hybridized carbons (Fsp3) is 0.0602. The molecule has 7 heteroatoms. The molecule has 0 spiro atoms. The molecule has 0 fully saturated rings. The number of benzene rings is 12. The third kappa shape index (κ3) is 10.4. The number of hydrogen-bond donors (Lipinski definition) is 0. The van der Waals surface area contributed by atoms with E-state index in [1.54, 1.807) is 67.8 Å². The average molecular weight is 1390 g/mol. The molecular formula is C83H62N4OPtSi-2. The van der Waals surface area contributed by atoms with Crippen LogP contribution in [-0.2, 0) is 26.5 Å². The van der Waals surface area contributed by atoms with E-state index in [1.165, 1.54) is 63.7 Å². The Kier molecular flexibility index (Phi) is 7.97. The molecule has 90 heavy (non-hydrogen) atoms. The Bertz CT molecular complexity index is 6870. The molecule has 12 aromatic carbocycles. The van der Waals surface area contributed by atoms with Gasteiger partial charge in [-0.15, -0.1) is 29.7 Å². The molecule has 0 amide bonds. The van der Waals surface area contributed by atoms with Gasteiger partial charge in [-0.05, 0) is 124 Å². The number of para-hydroxylation sites is 2. The number of aromatic nitrogens is 4. The predicted molar refractivity (Wildman–Crippen MR) is 369 cm³/mol. The van der Waals surface area contributed by atoms with Gasteiger partial charge < -0.3 is 13.9 Å². The zero-order valence-electron chi connectivity index (χ0n) is 83.3. The van der Waals surface area contributed by atoms with Crippen LogP contribution in [0.4, 0.5) is 0 Å². The first-order chi connectivity index (χ1) is 58.6. The standard InChI is InChI=1S/C83H62N4OSi.Pt/c1-58-49-81(84-56-75(58)61-31-15-7-16-32-61)87-77-44-24-23-41-73(77)74-47-45-67(54-79(74)87)88-66-34-25-33-65(53-66)85-57-86(78-48-46-71(55-80(78)85)89(68-35-17-8-18-36-68,69-37-19-9-20-38-69)70-39-21-10-22-40-70)82-72(42-26-43-76(82)83(2,3)4)64-51-62(59-27-11-5-12-28-59)50-63(52-64)60-29-13-6-14-30-60;/h5-52,55-56H,1-4H3;/q-2;/i1D3,5D,6D,7D,8D,9D,10D,11D,12D,13D,14D,15D,16D,17D,18D,19D,20D,21D,22D,27D,28D,29D,30D,31D,32D,35D,36D,37D,38D,39D,40D,50D,51D,52D;. The first-order valence-electron chi connectivity index (χ1n) is 45.5. The number of rotatable bonds is 13. The number of imidazole rings is 1. The van der Waals surface area contributed by atoms with E-state index < -0.39 is 274 Å². The largest absolute Gasteiger partial charge is 0.510 e. The zero-order chi connectivity index (χ0) is 91.3. The first-order valence-corrected chi connectivity index (χ1v) is 29.5. The fourth-order valence-corrected chi connectivity index (χ4v) is 14.9. The van der Waals surface area contributed by atoms with Crippen LogP contribution < -0.4 is 30.1 Å². The maximum absolute atomic E-state index is 10.4. The Labute approximate surface area is 592 Å². The van der Waals surface area contributed by atoms with Crippen LogP contribution in [0, 0.1) is 25.3 Å². The molecule has 3 aromatic heterocycles. The number of nitrogens with zero attached hydrogens (tertiary/aromatic N) is 4. The molecule has 3 heterocycles. The van der Waals surface area contributed by atoms with Crippen LogP contribution in [0.15, 0.2) is 303 Å². The minimum Gasteiger partial charge on any atom is -0.510 e. The molecule has 5 nitrogen and oxygen atoms in total. The van der Waals surface area contributed by atoms with Crippen molar-refractivity contribution in [1.82, 2.24) is 14.1 Å². The summed E-state index contributed by atoms with van der Waals surface area (Å²) in [5.74, 6) is -0.195. The number of aryl methyl sites for hydroxylation is 1. The molecule has 0 saturated carbocycles. The van der Waals surface area contributed by atoms with Gasteiger partial charge in [-0.1, -0.05) is 262 Å². The van der Waals surface area contributed by atoms with Gasteiger partial charge in [-0.3, -0.25) is 4.57 Å². The molecule has 0 aliphatic heterocycles. The monoisotopic (exact) mass is 1390 g/mol. The van der Waals surface area contributed by atoms with E-state index in [2.05, 4.69) is 23.4 Å². The second-order valence-electron chi connectivity index (χ2n) is 21.2. The second-order valence-corrected chi connectivity index (χ2v) is 24.8. The minimum atomic E-state index is -5.99. The average Bonchev–Trinajstić information content (AvgIpc) is 0.829. The van der Waals surface area contributed by atoms with Gasteiger partial charge in [0.25, 0.3) is 6.33 Å². The summed E-state index contributed by atoms with van der Waals surface area (Å²) in [6, 6.07) is -0.488. The van der Waals surface area contributed by atoms with Gasteiger partial charge >= 0.3 is 0 Å². The van der Waals surface area contributed by atoms with Crippen LogP contribution in [-0.4, -0.2) is 22.2 Å². The van der Waals surface area contributed by atoms with Crippen molar-refractivity contribution >= 4 is 61.7 Å². The Morgan fingerprint density at radius 2 is 1.07 bits per heavy atom. The third-order valence-corrected chi connectivity index (χ3v) is 19.1. The summed E-state index contributed by atoms with van der Waals surface area (Å²) >= 11 is 0. The van der Waals surface area contributed by atoms with Crippen molar-refractivity contribution in [3.63, 3.8) is 0 Å². The molecule has 0 saturated heterocycles. The van der Waals surface area contributed by atoms with Crippen LogP contribution in [0.5, 0.6) is 11.5 Å². The number of ether oxygens (including phenoxy) is 1. The van der Waals surface area contributed by atoms with Crippen LogP contribution in [0.2, 0.25) is 0 Å². The van der Waals surface area contributed by atoms with Crippen molar-refractivity contribution in [2.24, 2.45) is 0 Å². The van der Waals surface area contributed by atoms with E-state index in [0.29, 0.717) is 21.9 Å². The van der Waals surface area contributed by atoms with Gasteiger partial charge in [0.15, 0.2) is 8.07 Å². The molecule has 0 bridgehead atoms. The van der Waals surface area contributed by atoms with Crippen molar-refractivity contribution in [2.45, 2.75) is 33.0 Å². The first kappa shape index (κ1) is 29.8. The van der Waals surface area contributed by atoms with Crippen molar-refractivity contribution in [3.8, 4) is 73.2 Å². The van der Waals surface area contributed by atoms with Crippen LogP contribution in [0.1, 0.15) is 81.2 Å². The molecule has 0 N–H and O–H groups in total. The molecule has 0 unspecified atom stereocenters. The van der Waals surface area contributed by atoms with E-state index in [9.17, 15) is 26.0 Å². The maximum atomic E-state index is 10.4. The fourth-order valence-electron chi connectivity index (χ4n) is 11.1. The van der Waals surface area contributed by atoms with E-state index in [4.69, 9.17) is 28.0 Å². The normalized spacial score (nSPS) is 17.5. The van der Waals surface area contributed by atoms with E-state index in [-0.39, 0.29) is 82.6 Å². The quantitative estimate of drug-likeness (QED) is 0.0499. The summed E-state index contributed by atoms with van der Waals surface area (Å²) in [4.78, 5) is 4.68. The summed E-state index contributed by atoms with van der Waals surface area (Å²) in [6.07, 6.45) is 4.48. The van der Waals surface area contributed by atoms with Gasteiger partial charge in [-0.2, -0.15) is 18.2 Å². The molecule has 0 aliphatic rings. The van der Waals surface area contributed by atoms with E-state index >= 15 is 0 Å². The number of pyridine rings is 1. The summed E-state index contributed by atoms with van der Waals surface area (Å²) in [5.41, 5.74) is -5.38. The van der Waals surface area contributed by atoms with Gasteiger partial charge in [0, 0.05) is 54.0 Å². The summed E-state index contributed by atoms with van der Waals surface area (Å²) in [7, 11) is -5.99. The topological polar surface area (TPSA) is 35.9 Å². The second kappa shape index (κ2) is 24.0. The van der Waals surface area contributed by atoms with Crippen LogP contribution in [0.25, 0.3) is 94.5 Å². The molecule has 0 aliphatic carbocycles. The maximum Gasteiger partial charge on any atom is 0.268 e. The van der Waals surface area contributed by atoms with Crippen molar-refractivity contribution < 1.29 is 79.7 Å². The van der Waals surface area contributed by atoms with Crippen LogP contribution >= 0.6 is 0 Å². The third-order valence-electron chi connectivity index (χ3n) is 15.0. The van der Waals surface area contributed by atoms with Gasteiger partial charge in [0.05, 0.1) is 62.0 Å². The molecule has 436 valence electrons. The van der Waals surface area contributed by atoms with Gasteiger partial charge in [-0.25, -0.2) is 4.98 Å². The molecule has 0 radical (unpaired) electrons. The predicted octanol–water partition coefficient (Wildman–Crippen LogP) is 17.2. The van der Waals surface area contributed by atoms with E-state index in [1.807, 2.05) is 0 Å². The van der Waals surface area contributed by atoms with Gasteiger partial charge in [0.1, 0.15) is 5.82 Å². The Morgan fingerprint density at radius 1 is 0.500 bits per heavy atom. The SMILES string of the molecule is [2H]c1c([2H])c([2H])c(-c2cnc(-n3c4[c-]c(Oc5[c-]c(-n6[c-][n+](-c7c(-c8c([2H])c(-c9c([2H])c([2H])c([2H])c([2H])c9[2H])c([2H])c(-c9c([2H])c([2H])c([2H])c([2H])c9[2H])c8[2H])cccc7C(C)(C)C)c7ccc([Si](c8c([2H])c([2H])c([2H])c([2H])c8[2H])(c8c([2H])c([2H])c([2H])c([2H])c8[2H])c8c([2H])c([2H])c([2H])c([2H])c8[2H])cc76)ccc5)ccc4c4ccccc43)cc2C([2H])([2H])[2H])c([2H])c1[2H].[Pt]. The van der Waals surface area contributed by atoms with Gasteiger partial charge in [0.2, 0.25) is 0 Å². The van der Waals surface area contributed by atoms with Crippen molar-refractivity contribution in [1.29, 1.82) is 0 Å². The Balaban J connectivity index is 0.0000129. The number of fused-ring (bicyclic) bond motifs is 4. The molecule has 15 rings (SSSR count).